The maximum Gasteiger partial charge on any atom is 0.264 e. The summed E-state index contributed by atoms with van der Waals surface area (Å²) >= 11 is 1.45. The lowest BCUT2D eigenvalue weighted by Crippen LogP contribution is -2.50. The molecule has 1 aliphatic rings. The van der Waals surface area contributed by atoms with Gasteiger partial charge in [-0.3, -0.25) is 14.7 Å². The van der Waals surface area contributed by atoms with Crippen LogP contribution in [0.15, 0.2) is 66.0 Å². The van der Waals surface area contributed by atoms with Crippen molar-refractivity contribution in [2.45, 2.75) is 0 Å². The molecular formula is C25H22N4O2S. The molecule has 2 aromatic heterocycles. The number of carbonyl (C=O) groups is 2. The third-order valence-electron chi connectivity index (χ3n) is 5.68. The van der Waals surface area contributed by atoms with Gasteiger partial charge in [-0.05, 0) is 41.3 Å². The first kappa shape index (κ1) is 20.2. The van der Waals surface area contributed by atoms with Gasteiger partial charge in [0.2, 0.25) is 0 Å². The Morgan fingerprint density at radius 3 is 2.28 bits per heavy atom. The number of piperazine rings is 1. The van der Waals surface area contributed by atoms with Crippen LogP contribution in [0.25, 0.3) is 23.1 Å². The minimum absolute atomic E-state index is 0.00190. The van der Waals surface area contributed by atoms with E-state index in [1.807, 2.05) is 88.0 Å². The standard InChI is InChI=1S/C25H22N4O2S/c30-24(28-13-15-29(16-14-28)25(31)23-6-3-17-32-23)19-10-7-18(8-11-19)9-12-22-20-4-1-2-5-21(20)26-27-22/h1-12,17H,13-16H2,(H,26,27). The zero-order valence-electron chi connectivity index (χ0n) is 17.4. The van der Waals surface area contributed by atoms with Crippen molar-refractivity contribution in [3.05, 3.63) is 87.7 Å². The van der Waals surface area contributed by atoms with Crippen LogP contribution in [0.5, 0.6) is 0 Å². The number of fused-ring (bicyclic) bond motifs is 1. The van der Waals surface area contributed by atoms with Gasteiger partial charge in [-0.15, -0.1) is 11.3 Å². The minimum Gasteiger partial charge on any atom is -0.335 e. The zero-order chi connectivity index (χ0) is 21.9. The van der Waals surface area contributed by atoms with E-state index in [0.29, 0.717) is 31.7 Å². The van der Waals surface area contributed by atoms with E-state index < -0.39 is 0 Å². The number of nitrogens with one attached hydrogen (secondary N) is 1. The van der Waals surface area contributed by atoms with Crippen molar-refractivity contribution < 1.29 is 9.59 Å². The largest absolute Gasteiger partial charge is 0.335 e. The number of H-pyrrole nitrogens is 1. The summed E-state index contributed by atoms with van der Waals surface area (Å²) in [6.07, 6.45) is 3.96. The normalized spacial score (nSPS) is 14.4. The van der Waals surface area contributed by atoms with Gasteiger partial charge in [0.05, 0.1) is 16.1 Å². The third-order valence-corrected chi connectivity index (χ3v) is 6.54. The first-order chi connectivity index (χ1) is 15.7. The molecule has 1 saturated heterocycles. The fraction of sp³-hybridized carbons (Fsp3) is 0.160. The molecule has 160 valence electrons. The third kappa shape index (κ3) is 4.07. The summed E-state index contributed by atoms with van der Waals surface area (Å²) < 4.78 is 0. The maximum atomic E-state index is 12.9. The first-order valence-corrected chi connectivity index (χ1v) is 11.4. The van der Waals surface area contributed by atoms with Gasteiger partial charge in [0.1, 0.15) is 0 Å². The SMILES string of the molecule is O=C(c1ccc(C=Cc2n[nH]c3ccccc23)cc1)N1CCN(C(=O)c2cccs2)CC1. The zero-order valence-corrected chi connectivity index (χ0v) is 18.2. The predicted molar refractivity (Wildman–Crippen MR) is 128 cm³/mol. The lowest BCUT2D eigenvalue weighted by molar-refractivity contribution is 0.0538. The molecule has 1 fully saturated rings. The van der Waals surface area contributed by atoms with E-state index in [1.54, 1.807) is 0 Å². The second kappa shape index (κ2) is 8.80. The van der Waals surface area contributed by atoms with Gasteiger partial charge in [-0.25, -0.2) is 0 Å². The molecule has 4 aromatic rings. The molecule has 2 aromatic carbocycles. The van der Waals surface area contributed by atoms with Crippen LogP contribution in [0.2, 0.25) is 0 Å². The molecule has 3 heterocycles. The Kier molecular flexibility index (Phi) is 5.56. The fourth-order valence-electron chi connectivity index (χ4n) is 3.87. The van der Waals surface area contributed by atoms with Crippen LogP contribution in [0.3, 0.4) is 0 Å². The van der Waals surface area contributed by atoms with E-state index in [2.05, 4.69) is 10.2 Å². The number of amides is 2. The molecule has 0 unspecified atom stereocenters. The maximum absolute atomic E-state index is 12.9. The molecule has 32 heavy (non-hydrogen) atoms. The lowest BCUT2D eigenvalue weighted by Gasteiger charge is -2.34. The monoisotopic (exact) mass is 442 g/mol. The number of hydrogen-bond acceptors (Lipinski definition) is 4. The van der Waals surface area contributed by atoms with Crippen LogP contribution in [-0.2, 0) is 0 Å². The highest BCUT2D eigenvalue weighted by Gasteiger charge is 2.25. The van der Waals surface area contributed by atoms with Gasteiger partial charge in [-0.1, -0.05) is 42.5 Å². The van der Waals surface area contributed by atoms with Gasteiger partial charge in [0, 0.05) is 37.1 Å². The van der Waals surface area contributed by atoms with Crippen molar-refractivity contribution in [3.63, 3.8) is 0 Å². The highest BCUT2D eigenvalue weighted by atomic mass is 32.1. The molecule has 0 spiro atoms. The molecule has 0 bridgehead atoms. The van der Waals surface area contributed by atoms with Crippen LogP contribution < -0.4 is 0 Å². The number of carbonyl (C=O) groups excluding carboxylic acids is 2. The highest BCUT2D eigenvalue weighted by molar-refractivity contribution is 7.12. The van der Waals surface area contributed by atoms with Gasteiger partial charge in [0.15, 0.2) is 0 Å². The smallest absolute Gasteiger partial charge is 0.264 e. The Balaban J connectivity index is 1.21. The molecule has 0 atom stereocenters. The van der Waals surface area contributed by atoms with E-state index in [0.717, 1.165) is 27.0 Å². The van der Waals surface area contributed by atoms with Gasteiger partial charge in [-0.2, -0.15) is 5.10 Å². The molecular weight excluding hydrogens is 420 g/mol. The first-order valence-electron chi connectivity index (χ1n) is 10.5. The number of rotatable bonds is 4. The Morgan fingerprint density at radius 1 is 0.844 bits per heavy atom. The molecule has 6 nitrogen and oxygen atoms in total. The Labute approximate surface area is 189 Å². The Bertz CT molecular complexity index is 1270. The van der Waals surface area contributed by atoms with Crippen LogP contribution in [0.1, 0.15) is 31.3 Å². The molecule has 0 saturated carbocycles. The van der Waals surface area contributed by atoms with Crippen LogP contribution in [0.4, 0.5) is 0 Å². The number of aromatic amines is 1. The summed E-state index contributed by atoms with van der Waals surface area (Å²) in [6, 6.07) is 19.3. The van der Waals surface area contributed by atoms with E-state index in [4.69, 9.17) is 0 Å². The summed E-state index contributed by atoms with van der Waals surface area (Å²) in [5.74, 6) is 0.0509. The van der Waals surface area contributed by atoms with Crippen molar-refractivity contribution in [2.75, 3.05) is 26.2 Å². The van der Waals surface area contributed by atoms with Gasteiger partial charge < -0.3 is 9.80 Å². The number of aromatic nitrogens is 2. The van der Waals surface area contributed by atoms with Gasteiger partial charge >= 0.3 is 0 Å². The van der Waals surface area contributed by atoms with E-state index in [9.17, 15) is 9.59 Å². The summed E-state index contributed by atoms with van der Waals surface area (Å²) in [5.41, 5.74) is 3.55. The Hall–Kier alpha value is -3.71. The summed E-state index contributed by atoms with van der Waals surface area (Å²) in [7, 11) is 0. The van der Waals surface area contributed by atoms with Crippen molar-refractivity contribution >= 4 is 46.2 Å². The predicted octanol–water partition coefficient (Wildman–Crippen LogP) is 4.39. The van der Waals surface area contributed by atoms with Crippen molar-refractivity contribution in [1.29, 1.82) is 0 Å². The molecule has 2 amide bonds. The molecule has 7 heteroatoms. The molecule has 0 radical (unpaired) electrons. The van der Waals surface area contributed by atoms with E-state index in [-0.39, 0.29) is 11.8 Å². The number of para-hydroxylation sites is 1. The Morgan fingerprint density at radius 2 is 1.56 bits per heavy atom. The lowest BCUT2D eigenvalue weighted by atomic mass is 10.1. The second-order valence-electron chi connectivity index (χ2n) is 7.67. The summed E-state index contributed by atoms with van der Waals surface area (Å²) in [6.45, 7) is 2.20. The average molecular weight is 443 g/mol. The van der Waals surface area contributed by atoms with Crippen molar-refractivity contribution in [1.82, 2.24) is 20.0 Å². The number of nitrogens with zero attached hydrogens (tertiary/aromatic N) is 3. The van der Waals surface area contributed by atoms with E-state index in [1.165, 1.54) is 11.3 Å². The minimum atomic E-state index is 0.00190. The topological polar surface area (TPSA) is 69.3 Å². The number of benzene rings is 2. The van der Waals surface area contributed by atoms with Crippen LogP contribution in [-0.4, -0.2) is 58.0 Å². The molecule has 1 N–H and O–H groups in total. The number of thiophene rings is 1. The quantitative estimate of drug-likeness (QED) is 0.510. The average Bonchev–Trinajstić information content (AvgIpc) is 3.53. The second-order valence-corrected chi connectivity index (χ2v) is 8.62. The van der Waals surface area contributed by atoms with E-state index >= 15 is 0 Å². The number of hydrogen-bond donors (Lipinski definition) is 1. The fourth-order valence-corrected chi connectivity index (χ4v) is 4.57. The van der Waals surface area contributed by atoms with Gasteiger partial charge in [0.25, 0.3) is 11.8 Å². The van der Waals surface area contributed by atoms with Crippen molar-refractivity contribution in [2.24, 2.45) is 0 Å². The van der Waals surface area contributed by atoms with Crippen molar-refractivity contribution in [3.8, 4) is 0 Å². The molecule has 5 rings (SSSR count). The summed E-state index contributed by atoms with van der Waals surface area (Å²) in [5, 5.41) is 10.4. The van der Waals surface area contributed by atoms with Crippen LogP contribution in [0, 0.1) is 0 Å². The highest BCUT2D eigenvalue weighted by Crippen LogP contribution is 2.19. The summed E-state index contributed by atoms with van der Waals surface area (Å²) in [4.78, 5) is 29.8. The molecule has 1 aliphatic heterocycles. The molecule has 0 aliphatic carbocycles. The van der Waals surface area contributed by atoms with Crippen LogP contribution >= 0.6 is 11.3 Å².